The highest BCUT2D eigenvalue weighted by Crippen LogP contribution is 2.28. The number of anilines is 1. The monoisotopic (exact) mass is 364 g/mol. The number of carbonyl (C=O) groups is 2. The molecule has 6 nitrogen and oxygen atoms in total. The summed E-state index contributed by atoms with van der Waals surface area (Å²) in [5, 5.41) is 2.82. The summed E-state index contributed by atoms with van der Waals surface area (Å²) in [5.74, 6) is 0.920. The third kappa shape index (κ3) is 3.38. The van der Waals surface area contributed by atoms with Gasteiger partial charge in [0.05, 0.1) is 18.4 Å². The lowest BCUT2D eigenvalue weighted by Gasteiger charge is -2.17. The van der Waals surface area contributed by atoms with E-state index in [0.29, 0.717) is 30.7 Å². The molecule has 1 amide bonds. The molecule has 0 saturated carbocycles. The summed E-state index contributed by atoms with van der Waals surface area (Å²) in [6, 6.07) is 10.9. The number of nitrogens with zero attached hydrogens (tertiary/aromatic N) is 1. The second-order valence-corrected chi connectivity index (χ2v) is 6.71. The molecule has 6 heteroatoms. The van der Waals surface area contributed by atoms with Gasteiger partial charge in [0.25, 0.3) is 0 Å². The van der Waals surface area contributed by atoms with Gasteiger partial charge >= 0.3 is 5.97 Å². The standard InChI is InChI=1S/C21H20N2O4/c1-13-10-18(14(2)23(13)12-17-4-3-9-26-17)21(25)27-16-6-7-19-15(11-16)5-8-20(24)22-19/h3-4,6-7,9-11H,5,8,12H2,1-2H3,(H,22,24). The number of ether oxygens (including phenoxy) is 1. The Morgan fingerprint density at radius 3 is 2.85 bits per heavy atom. The summed E-state index contributed by atoms with van der Waals surface area (Å²) in [7, 11) is 0. The van der Waals surface area contributed by atoms with E-state index in [1.54, 1.807) is 18.4 Å². The highest BCUT2D eigenvalue weighted by Gasteiger charge is 2.20. The number of rotatable bonds is 4. The first kappa shape index (κ1) is 17.1. The smallest absolute Gasteiger partial charge is 0.345 e. The van der Waals surface area contributed by atoms with Gasteiger partial charge in [0.2, 0.25) is 5.91 Å². The first-order chi connectivity index (χ1) is 13.0. The van der Waals surface area contributed by atoms with Gasteiger partial charge in [-0.3, -0.25) is 4.79 Å². The van der Waals surface area contributed by atoms with Crippen LogP contribution in [0.25, 0.3) is 0 Å². The lowest BCUT2D eigenvalue weighted by atomic mass is 10.0. The lowest BCUT2D eigenvalue weighted by Crippen LogP contribution is -2.19. The molecule has 3 heterocycles. The second-order valence-electron chi connectivity index (χ2n) is 6.71. The molecule has 0 atom stereocenters. The van der Waals surface area contributed by atoms with E-state index in [-0.39, 0.29) is 5.91 Å². The Balaban J connectivity index is 1.54. The van der Waals surface area contributed by atoms with Crippen molar-refractivity contribution in [3.63, 3.8) is 0 Å². The van der Waals surface area contributed by atoms with Gasteiger partial charge < -0.3 is 19.0 Å². The van der Waals surface area contributed by atoms with Gasteiger partial charge in [-0.05, 0) is 62.2 Å². The zero-order chi connectivity index (χ0) is 19.0. The molecule has 1 aliphatic heterocycles. The average Bonchev–Trinajstić information content (AvgIpc) is 3.25. The van der Waals surface area contributed by atoms with Crippen LogP contribution in [0.15, 0.2) is 47.1 Å². The van der Waals surface area contributed by atoms with Crippen LogP contribution in [-0.4, -0.2) is 16.4 Å². The van der Waals surface area contributed by atoms with Crippen molar-refractivity contribution in [3.05, 3.63) is 70.9 Å². The molecule has 0 aliphatic carbocycles. The van der Waals surface area contributed by atoms with Crippen molar-refractivity contribution in [2.45, 2.75) is 33.2 Å². The molecular weight excluding hydrogens is 344 g/mol. The average molecular weight is 364 g/mol. The van der Waals surface area contributed by atoms with Crippen molar-refractivity contribution in [2.24, 2.45) is 0 Å². The number of benzene rings is 1. The zero-order valence-electron chi connectivity index (χ0n) is 15.2. The SMILES string of the molecule is Cc1cc(C(=O)Oc2ccc3c(c2)CCC(=O)N3)c(C)n1Cc1ccco1. The lowest BCUT2D eigenvalue weighted by molar-refractivity contribution is -0.116. The number of furan rings is 1. The molecule has 27 heavy (non-hydrogen) atoms. The Labute approximate surface area is 156 Å². The quantitative estimate of drug-likeness (QED) is 0.564. The van der Waals surface area contributed by atoms with Crippen LogP contribution < -0.4 is 10.1 Å². The van der Waals surface area contributed by atoms with Crippen molar-refractivity contribution >= 4 is 17.6 Å². The van der Waals surface area contributed by atoms with E-state index in [1.165, 1.54) is 0 Å². The molecule has 138 valence electrons. The number of aromatic nitrogens is 1. The van der Waals surface area contributed by atoms with Crippen LogP contribution in [0.4, 0.5) is 5.69 Å². The van der Waals surface area contributed by atoms with E-state index in [1.807, 2.05) is 42.7 Å². The molecular formula is C21H20N2O4. The van der Waals surface area contributed by atoms with Gasteiger partial charge in [-0.2, -0.15) is 0 Å². The highest BCUT2D eigenvalue weighted by atomic mass is 16.5. The molecule has 0 unspecified atom stereocenters. The molecule has 0 spiro atoms. The van der Waals surface area contributed by atoms with Crippen LogP contribution in [0.2, 0.25) is 0 Å². The molecule has 1 aromatic carbocycles. The van der Waals surface area contributed by atoms with Gasteiger partial charge in [-0.15, -0.1) is 0 Å². The van der Waals surface area contributed by atoms with Gasteiger partial charge in [-0.25, -0.2) is 4.79 Å². The van der Waals surface area contributed by atoms with Crippen LogP contribution in [0.3, 0.4) is 0 Å². The minimum atomic E-state index is -0.395. The molecule has 0 radical (unpaired) electrons. The largest absolute Gasteiger partial charge is 0.467 e. The van der Waals surface area contributed by atoms with Crippen LogP contribution in [0.5, 0.6) is 5.75 Å². The molecule has 4 rings (SSSR count). The van der Waals surface area contributed by atoms with E-state index >= 15 is 0 Å². The predicted molar refractivity (Wildman–Crippen MR) is 100 cm³/mol. The molecule has 3 aromatic rings. The van der Waals surface area contributed by atoms with Crippen molar-refractivity contribution < 1.29 is 18.7 Å². The van der Waals surface area contributed by atoms with Gasteiger partial charge in [0, 0.05) is 23.5 Å². The second kappa shape index (κ2) is 6.79. The van der Waals surface area contributed by atoms with Crippen molar-refractivity contribution in [1.29, 1.82) is 0 Å². The Morgan fingerprint density at radius 2 is 2.07 bits per heavy atom. The minimum absolute atomic E-state index is 0.0104. The fraction of sp³-hybridized carbons (Fsp3) is 0.238. The van der Waals surface area contributed by atoms with Crippen LogP contribution in [0.1, 0.15) is 39.5 Å². The first-order valence-electron chi connectivity index (χ1n) is 8.85. The Bertz CT molecular complexity index is 1020. The van der Waals surface area contributed by atoms with Crippen molar-refractivity contribution in [1.82, 2.24) is 4.57 Å². The first-order valence-corrected chi connectivity index (χ1v) is 8.85. The van der Waals surface area contributed by atoms with E-state index in [4.69, 9.17) is 9.15 Å². The summed E-state index contributed by atoms with van der Waals surface area (Å²) in [5.41, 5.74) is 4.08. The van der Waals surface area contributed by atoms with Gasteiger partial charge in [0.1, 0.15) is 11.5 Å². The maximum Gasteiger partial charge on any atom is 0.345 e. The van der Waals surface area contributed by atoms with Crippen molar-refractivity contribution in [2.75, 3.05) is 5.32 Å². The van der Waals surface area contributed by atoms with Gasteiger partial charge in [0.15, 0.2) is 0 Å². The molecule has 2 aromatic heterocycles. The topological polar surface area (TPSA) is 73.5 Å². The third-order valence-electron chi connectivity index (χ3n) is 4.87. The summed E-state index contributed by atoms with van der Waals surface area (Å²) in [6.45, 7) is 4.42. The van der Waals surface area contributed by atoms with E-state index in [0.717, 1.165) is 28.4 Å². The number of hydrogen-bond acceptors (Lipinski definition) is 4. The van der Waals surface area contributed by atoms with Gasteiger partial charge in [-0.1, -0.05) is 0 Å². The normalized spacial score (nSPS) is 13.2. The third-order valence-corrected chi connectivity index (χ3v) is 4.87. The summed E-state index contributed by atoms with van der Waals surface area (Å²) in [4.78, 5) is 24.1. The number of aryl methyl sites for hydroxylation is 2. The molecule has 0 bridgehead atoms. The maximum atomic E-state index is 12.7. The highest BCUT2D eigenvalue weighted by molar-refractivity contribution is 5.95. The van der Waals surface area contributed by atoms with E-state index in [2.05, 4.69) is 5.32 Å². The Kier molecular flexibility index (Phi) is 4.32. The molecule has 1 aliphatic rings. The summed E-state index contributed by atoms with van der Waals surface area (Å²) < 4.78 is 13.0. The summed E-state index contributed by atoms with van der Waals surface area (Å²) >= 11 is 0. The number of nitrogens with one attached hydrogen (secondary N) is 1. The number of esters is 1. The van der Waals surface area contributed by atoms with E-state index in [9.17, 15) is 9.59 Å². The van der Waals surface area contributed by atoms with Crippen molar-refractivity contribution in [3.8, 4) is 5.75 Å². The van der Waals surface area contributed by atoms with Crippen LogP contribution >= 0.6 is 0 Å². The zero-order valence-corrected chi connectivity index (χ0v) is 15.2. The molecule has 0 saturated heterocycles. The van der Waals surface area contributed by atoms with Crippen LogP contribution in [0, 0.1) is 13.8 Å². The van der Waals surface area contributed by atoms with Crippen LogP contribution in [-0.2, 0) is 17.8 Å². The Morgan fingerprint density at radius 1 is 1.22 bits per heavy atom. The number of hydrogen-bond donors (Lipinski definition) is 1. The van der Waals surface area contributed by atoms with E-state index < -0.39 is 5.97 Å². The number of fused-ring (bicyclic) bond motifs is 1. The number of amides is 1. The fourth-order valence-electron chi connectivity index (χ4n) is 3.39. The minimum Gasteiger partial charge on any atom is -0.467 e. The predicted octanol–water partition coefficient (Wildman–Crippen LogP) is 3.85. The maximum absolute atomic E-state index is 12.7. The molecule has 1 N–H and O–H groups in total. The summed E-state index contributed by atoms with van der Waals surface area (Å²) in [6.07, 6.45) is 2.72. The number of carbonyl (C=O) groups excluding carboxylic acids is 2. The fourth-order valence-corrected chi connectivity index (χ4v) is 3.39. The Hall–Kier alpha value is -3.28. The molecule has 0 fully saturated rings.